The second-order valence-corrected chi connectivity index (χ2v) is 7.60. The third-order valence-electron chi connectivity index (χ3n) is 6.26. The summed E-state index contributed by atoms with van der Waals surface area (Å²) >= 11 is 0. The van der Waals surface area contributed by atoms with Crippen LogP contribution in [0.25, 0.3) is 0 Å². The van der Waals surface area contributed by atoms with Gasteiger partial charge in [-0.15, -0.1) is 0 Å². The second kappa shape index (κ2) is 6.61. The Hall–Kier alpha value is -0.0400. The van der Waals surface area contributed by atoms with Gasteiger partial charge >= 0.3 is 0 Å². The highest BCUT2D eigenvalue weighted by atomic mass is 16.5. The van der Waals surface area contributed by atoms with Gasteiger partial charge in [0.2, 0.25) is 0 Å². The van der Waals surface area contributed by atoms with Crippen molar-refractivity contribution >= 4 is 0 Å². The lowest BCUT2D eigenvalue weighted by atomic mass is 9.65. The molecule has 1 nitrogen and oxygen atoms in total. The van der Waals surface area contributed by atoms with E-state index in [1.54, 1.807) is 0 Å². The molecule has 110 valence electrons. The van der Waals surface area contributed by atoms with Gasteiger partial charge in [-0.05, 0) is 55.8 Å². The van der Waals surface area contributed by atoms with Crippen molar-refractivity contribution in [2.75, 3.05) is 6.61 Å². The summed E-state index contributed by atoms with van der Waals surface area (Å²) in [6, 6.07) is 0. The predicted molar refractivity (Wildman–Crippen MR) is 80.2 cm³/mol. The van der Waals surface area contributed by atoms with Gasteiger partial charge in [0.05, 0.1) is 6.10 Å². The van der Waals surface area contributed by atoms with Crippen LogP contribution in [0, 0.1) is 23.7 Å². The summed E-state index contributed by atoms with van der Waals surface area (Å²) in [5.41, 5.74) is 0. The van der Waals surface area contributed by atoms with Crippen molar-refractivity contribution in [3.05, 3.63) is 0 Å². The van der Waals surface area contributed by atoms with E-state index < -0.39 is 0 Å². The number of ether oxygens (including phenoxy) is 1. The van der Waals surface area contributed by atoms with E-state index in [0.717, 1.165) is 30.3 Å². The number of fused-ring (bicyclic) bond motifs is 1. The topological polar surface area (TPSA) is 9.23 Å². The fourth-order valence-electron chi connectivity index (χ4n) is 4.98. The first-order valence-electron chi connectivity index (χ1n) is 8.94. The molecule has 0 saturated heterocycles. The zero-order valence-corrected chi connectivity index (χ0v) is 12.8. The van der Waals surface area contributed by atoms with Gasteiger partial charge in [-0.1, -0.05) is 45.4 Å². The lowest BCUT2D eigenvalue weighted by Crippen LogP contribution is -2.36. The highest BCUT2D eigenvalue weighted by molar-refractivity contribution is 4.87. The van der Waals surface area contributed by atoms with E-state index in [9.17, 15) is 0 Å². The van der Waals surface area contributed by atoms with Gasteiger partial charge in [-0.2, -0.15) is 0 Å². The molecule has 3 aliphatic rings. The van der Waals surface area contributed by atoms with Crippen LogP contribution in [0.5, 0.6) is 0 Å². The fraction of sp³-hybridized carbons (Fsp3) is 1.00. The molecule has 0 spiro atoms. The van der Waals surface area contributed by atoms with Crippen molar-refractivity contribution in [1.29, 1.82) is 0 Å². The number of hydrogen-bond acceptors (Lipinski definition) is 1. The summed E-state index contributed by atoms with van der Waals surface area (Å²) in [7, 11) is 0. The second-order valence-electron chi connectivity index (χ2n) is 7.60. The van der Waals surface area contributed by atoms with E-state index >= 15 is 0 Å². The van der Waals surface area contributed by atoms with Crippen molar-refractivity contribution in [2.45, 2.75) is 83.7 Å². The normalized spacial score (nSPS) is 40.9. The first kappa shape index (κ1) is 13.9. The Balaban J connectivity index is 1.44. The Morgan fingerprint density at radius 1 is 0.842 bits per heavy atom. The van der Waals surface area contributed by atoms with Gasteiger partial charge in [0.15, 0.2) is 0 Å². The molecular weight excluding hydrogens is 232 g/mol. The molecule has 0 bridgehead atoms. The molecule has 0 aliphatic heterocycles. The molecule has 0 heterocycles. The van der Waals surface area contributed by atoms with E-state index in [2.05, 4.69) is 6.92 Å². The van der Waals surface area contributed by atoms with Crippen molar-refractivity contribution in [2.24, 2.45) is 23.7 Å². The van der Waals surface area contributed by atoms with E-state index in [-0.39, 0.29) is 0 Å². The summed E-state index contributed by atoms with van der Waals surface area (Å²) in [4.78, 5) is 0. The van der Waals surface area contributed by atoms with E-state index in [4.69, 9.17) is 4.74 Å². The maximum absolute atomic E-state index is 6.32. The Labute approximate surface area is 119 Å². The average Bonchev–Trinajstić information content (AvgIpc) is 2.47. The average molecular weight is 264 g/mol. The Kier molecular flexibility index (Phi) is 4.84. The lowest BCUT2D eigenvalue weighted by Gasteiger charge is -2.43. The summed E-state index contributed by atoms with van der Waals surface area (Å²) in [5.74, 6) is 3.87. The highest BCUT2D eigenvalue weighted by Gasteiger charge is 2.36. The largest absolute Gasteiger partial charge is 0.378 e. The Morgan fingerprint density at radius 2 is 1.68 bits per heavy atom. The minimum absolute atomic E-state index is 0.601. The molecule has 0 amide bonds. The van der Waals surface area contributed by atoms with Crippen molar-refractivity contribution in [3.8, 4) is 0 Å². The van der Waals surface area contributed by atoms with Gasteiger partial charge in [0.1, 0.15) is 0 Å². The smallest absolute Gasteiger partial charge is 0.0578 e. The van der Waals surface area contributed by atoms with Gasteiger partial charge in [-0.25, -0.2) is 0 Å². The van der Waals surface area contributed by atoms with E-state index in [1.807, 2.05) is 0 Å². The third-order valence-corrected chi connectivity index (χ3v) is 6.26. The quantitative estimate of drug-likeness (QED) is 0.681. The summed E-state index contributed by atoms with van der Waals surface area (Å²) in [5, 5.41) is 0. The Morgan fingerprint density at radius 3 is 2.53 bits per heavy atom. The molecule has 19 heavy (non-hydrogen) atoms. The molecule has 3 rings (SSSR count). The van der Waals surface area contributed by atoms with Crippen LogP contribution in [-0.4, -0.2) is 12.7 Å². The van der Waals surface area contributed by atoms with Gasteiger partial charge in [0.25, 0.3) is 0 Å². The molecule has 4 atom stereocenters. The predicted octanol–water partition coefficient (Wildman–Crippen LogP) is 5.19. The zero-order valence-electron chi connectivity index (χ0n) is 12.8. The fourth-order valence-corrected chi connectivity index (χ4v) is 4.98. The molecule has 3 fully saturated rings. The van der Waals surface area contributed by atoms with Crippen LogP contribution in [0.4, 0.5) is 0 Å². The third kappa shape index (κ3) is 3.54. The first-order valence-corrected chi connectivity index (χ1v) is 8.94. The van der Waals surface area contributed by atoms with Gasteiger partial charge < -0.3 is 4.74 Å². The molecule has 3 aliphatic carbocycles. The van der Waals surface area contributed by atoms with Crippen LogP contribution < -0.4 is 0 Å². The van der Waals surface area contributed by atoms with Crippen molar-refractivity contribution < 1.29 is 4.74 Å². The monoisotopic (exact) mass is 264 g/mol. The molecule has 3 saturated carbocycles. The molecule has 0 aromatic heterocycles. The molecule has 1 heteroatoms. The van der Waals surface area contributed by atoms with Crippen LogP contribution in [0.2, 0.25) is 0 Å². The standard InChI is InChI=1S/C18H32O/c1-14-6-5-9-16-10-11-17(12-18(14)16)19-13-15-7-3-2-4-8-15/h14-18H,2-13H2,1H3. The molecule has 0 aromatic rings. The Bertz CT molecular complexity index is 269. The van der Waals surface area contributed by atoms with Gasteiger partial charge in [0, 0.05) is 6.61 Å². The van der Waals surface area contributed by atoms with Crippen LogP contribution in [0.15, 0.2) is 0 Å². The number of hydrogen-bond donors (Lipinski definition) is 0. The van der Waals surface area contributed by atoms with E-state index in [1.165, 1.54) is 70.6 Å². The van der Waals surface area contributed by atoms with Crippen molar-refractivity contribution in [3.63, 3.8) is 0 Å². The SMILES string of the molecule is CC1CCCC2CCC(OCC3CCCCC3)CC12. The van der Waals surface area contributed by atoms with Crippen molar-refractivity contribution in [1.82, 2.24) is 0 Å². The van der Waals surface area contributed by atoms with Gasteiger partial charge in [-0.3, -0.25) is 0 Å². The molecule has 4 unspecified atom stereocenters. The highest BCUT2D eigenvalue weighted by Crippen LogP contribution is 2.44. The van der Waals surface area contributed by atoms with Crippen LogP contribution in [0.1, 0.15) is 77.6 Å². The number of rotatable bonds is 3. The lowest BCUT2D eigenvalue weighted by molar-refractivity contribution is -0.0419. The zero-order chi connectivity index (χ0) is 13.1. The van der Waals surface area contributed by atoms with E-state index in [0.29, 0.717) is 6.10 Å². The first-order chi connectivity index (χ1) is 9.33. The molecular formula is C18H32O. The minimum Gasteiger partial charge on any atom is -0.378 e. The molecule has 0 radical (unpaired) electrons. The maximum Gasteiger partial charge on any atom is 0.0578 e. The summed E-state index contributed by atoms with van der Waals surface area (Å²) in [6.45, 7) is 3.55. The molecule has 0 N–H and O–H groups in total. The minimum atomic E-state index is 0.601. The van der Waals surface area contributed by atoms with Crippen LogP contribution in [-0.2, 0) is 4.74 Å². The van der Waals surface area contributed by atoms with Crippen LogP contribution in [0.3, 0.4) is 0 Å². The summed E-state index contributed by atoms with van der Waals surface area (Å²) in [6.07, 6.45) is 16.4. The van der Waals surface area contributed by atoms with Crippen LogP contribution >= 0.6 is 0 Å². The molecule has 0 aromatic carbocycles. The maximum atomic E-state index is 6.32. The summed E-state index contributed by atoms with van der Waals surface area (Å²) < 4.78 is 6.32.